The normalized spacial score (nSPS) is 22.9. The number of amides is 3. The molecule has 47 heavy (non-hydrogen) atoms. The Morgan fingerprint density at radius 1 is 0.936 bits per heavy atom. The number of carbonyl (C=O) groups excluding carboxylic acids is 2. The van der Waals surface area contributed by atoms with Gasteiger partial charge in [0.05, 0.1) is 37.3 Å². The van der Waals surface area contributed by atoms with E-state index in [0.29, 0.717) is 36.3 Å². The van der Waals surface area contributed by atoms with Gasteiger partial charge in [0.25, 0.3) is 11.8 Å². The van der Waals surface area contributed by atoms with Crippen molar-refractivity contribution in [3.8, 4) is 17.0 Å². The van der Waals surface area contributed by atoms with E-state index in [1.807, 2.05) is 34.9 Å². The third-order valence-corrected chi connectivity index (χ3v) is 9.71. The molecule has 0 radical (unpaired) electrons. The van der Waals surface area contributed by atoms with Gasteiger partial charge >= 0.3 is 6.09 Å². The molecule has 12 heteroatoms. The maximum Gasteiger partial charge on any atom is 0.407 e. The molecule has 6 rings (SSSR count). The lowest BCUT2D eigenvalue weighted by Gasteiger charge is -2.41. The number of rotatable bonds is 10. The standard InChI is InChI=1S/C35H43N5O7/c1-46-23-35(45)16-6-5-10-29(35)40-24-36-30(31(40)25-8-3-2-4-9-25)33(42)39-20-19-38(34(43)44)22-27(39)15-21-47-28-13-11-26(12-14-28)32(41)37-17-7-18-37/h2-4,8-9,11-14,24,27,29,45H,5-7,10,15-23H2,1H3,(H,43,44)/t27-,29-,35-/m1/s1. The highest BCUT2D eigenvalue weighted by atomic mass is 16.5. The second kappa shape index (κ2) is 14.1. The topological polar surface area (TPSA) is 138 Å². The molecule has 0 bridgehead atoms. The number of hydrogen-bond donors (Lipinski definition) is 2. The fourth-order valence-corrected chi connectivity index (χ4v) is 7.04. The number of likely N-dealkylation sites (tertiary alicyclic amines) is 1. The molecule has 1 aromatic heterocycles. The number of ether oxygens (including phenoxy) is 2. The first-order valence-electron chi connectivity index (χ1n) is 16.4. The van der Waals surface area contributed by atoms with Gasteiger partial charge in [-0.3, -0.25) is 9.59 Å². The van der Waals surface area contributed by atoms with E-state index in [1.165, 1.54) is 4.90 Å². The summed E-state index contributed by atoms with van der Waals surface area (Å²) in [6.07, 6.45) is 5.15. The van der Waals surface area contributed by atoms with Gasteiger partial charge in [0.15, 0.2) is 5.69 Å². The van der Waals surface area contributed by atoms with E-state index in [1.54, 1.807) is 47.5 Å². The maximum absolute atomic E-state index is 14.4. The van der Waals surface area contributed by atoms with Gasteiger partial charge < -0.3 is 39.0 Å². The molecular weight excluding hydrogens is 602 g/mol. The summed E-state index contributed by atoms with van der Waals surface area (Å²) in [6, 6.07) is 15.8. The molecule has 3 aliphatic rings. The third-order valence-electron chi connectivity index (χ3n) is 9.71. The SMILES string of the molecule is COC[C@]1(O)CCCC[C@H]1n1cnc(C(=O)N2CCN(C(=O)O)C[C@H]2CCOc2ccc(C(=O)N3CCC3)cc2)c1-c1ccccc1. The van der Waals surface area contributed by atoms with E-state index < -0.39 is 17.7 Å². The van der Waals surface area contributed by atoms with Gasteiger partial charge in [-0.1, -0.05) is 43.2 Å². The number of carbonyl (C=O) groups is 3. The Labute approximate surface area is 274 Å². The number of benzene rings is 2. The molecule has 2 saturated heterocycles. The first-order valence-corrected chi connectivity index (χ1v) is 16.4. The van der Waals surface area contributed by atoms with Crippen LogP contribution in [0.3, 0.4) is 0 Å². The van der Waals surface area contributed by atoms with Crippen LogP contribution in [0.4, 0.5) is 4.79 Å². The van der Waals surface area contributed by atoms with Gasteiger partial charge in [0.2, 0.25) is 0 Å². The van der Waals surface area contributed by atoms with Crippen molar-refractivity contribution in [1.82, 2.24) is 24.3 Å². The maximum atomic E-state index is 14.4. The predicted molar refractivity (Wildman–Crippen MR) is 173 cm³/mol. The van der Waals surface area contributed by atoms with Gasteiger partial charge in [-0.05, 0) is 43.5 Å². The van der Waals surface area contributed by atoms with Crippen LogP contribution >= 0.6 is 0 Å². The van der Waals surface area contributed by atoms with Gasteiger partial charge in [-0.25, -0.2) is 9.78 Å². The van der Waals surface area contributed by atoms with E-state index >= 15 is 0 Å². The quantitative estimate of drug-likeness (QED) is 0.335. The Balaban J connectivity index is 1.23. The van der Waals surface area contributed by atoms with Gasteiger partial charge in [-0.15, -0.1) is 0 Å². The van der Waals surface area contributed by atoms with Crippen molar-refractivity contribution in [2.24, 2.45) is 0 Å². The molecule has 2 aliphatic heterocycles. The van der Waals surface area contributed by atoms with Crippen LogP contribution in [0, 0.1) is 0 Å². The number of hydrogen-bond acceptors (Lipinski definition) is 7. The third kappa shape index (κ3) is 6.84. The van der Waals surface area contributed by atoms with Crippen molar-refractivity contribution in [2.75, 3.05) is 53.0 Å². The molecule has 250 valence electrons. The molecule has 12 nitrogen and oxygen atoms in total. The largest absolute Gasteiger partial charge is 0.494 e. The lowest BCUT2D eigenvalue weighted by Crippen LogP contribution is -2.56. The highest BCUT2D eigenvalue weighted by molar-refractivity contribution is 5.98. The van der Waals surface area contributed by atoms with E-state index in [2.05, 4.69) is 4.98 Å². The first-order chi connectivity index (χ1) is 22.8. The number of aliphatic hydroxyl groups is 1. The fraction of sp³-hybridized carbons (Fsp3) is 0.486. The molecule has 3 amide bonds. The van der Waals surface area contributed by atoms with Crippen LogP contribution in [0.5, 0.6) is 5.75 Å². The van der Waals surface area contributed by atoms with Crippen LogP contribution in [0.25, 0.3) is 11.3 Å². The van der Waals surface area contributed by atoms with Gasteiger partial charge in [-0.2, -0.15) is 0 Å². The Morgan fingerprint density at radius 3 is 2.38 bits per heavy atom. The summed E-state index contributed by atoms with van der Waals surface area (Å²) in [4.78, 5) is 48.3. The lowest BCUT2D eigenvalue weighted by atomic mass is 9.80. The van der Waals surface area contributed by atoms with Crippen LogP contribution in [0.15, 0.2) is 60.9 Å². The molecule has 3 heterocycles. The molecule has 1 aliphatic carbocycles. The van der Waals surface area contributed by atoms with E-state index in [4.69, 9.17) is 9.47 Å². The van der Waals surface area contributed by atoms with E-state index in [9.17, 15) is 24.6 Å². The highest BCUT2D eigenvalue weighted by Gasteiger charge is 2.43. The van der Waals surface area contributed by atoms with Crippen LogP contribution in [0.1, 0.15) is 65.4 Å². The summed E-state index contributed by atoms with van der Waals surface area (Å²) < 4.78 is 13.4. The number of methoxy groups -OCH3 is 1. The minimum absolute atomic E-state index is 0.0112. The second-order valence-corrected chi connectivity index (χ2v) is 12.7. The van der Waals surface area contributed by atoms with Crippen LogP contribution in [-0.4, -0.2) is 117 Å². The zero-order valence-corrected chi connectivity index (χ0v) is 26.8. The molecule has 0 unspecified atom stereocenters. The zero-order chi connectivity index (χ0) is 33.0. The Morgan fingerprint density at radius 2 is 1.70 bits per heavy atom. The van der Waals surface area contributed by atoms with Crippen molar-refractivity contribution in [2.45, 2.75) is 56.2 Å². The van der Waals surface area contributed by atoms with Crippen molar-refractivity contribution < 1.29 is 34.1 Å². The smallest absolute Gasteiger partial charge is 0.407 e. The summed E-state index contributed by atoms with van der Waals surface area (Å²) in [7, 11) is 1.58. The Bertz CT molecular complexity index is 1550. The average Bonchev–Trinajstić information content (AvgIpc) is 3.49. The van der Waals surface area contributed by atoms with Crippen molar-refractivity contribution in [1.29, 1.82) is 0 Å². The van der Waals surface area contributed by atoms with Crippen LogP contribution < -0.4 is 4.74 Å². The number of aromatic nitrogens is 2. The Kier molecular flexibility index (Phi) is 9.79. The number of imidazole rings is 1. The van der Waals surface area contributed by atoms with Gasteiger partial charge in [0, 0.05) is 57.4 Å². The summed E-state index contributed by atoms with van der Waals surface area (Å²) in [5.74, 6) is 0.310. The van der Waals surface area contributed by atoms with Crippen molar-refractivity contribution >= 4 is 17.9 Å². The van der Waals surface area contributed by atoms with E-state index in [-0.39, 0.29) is 56.4 Å². The summed E-state index contributed by atoms with van der Waals surface area (Å²) in [5.41, 5.74) is 1.20. The monoisotopic (exact) mass is 645 g/mol. The summed E-state index contributed by atoms with van der Waals surface area (Å²) >= 11 is 0. The molecular formula is C35H43N5O7. The highest BCUT2D eigenvalue weighted by Crippen LogP contribution is 2.41. The van der Waals surface area contributed by atoms with Crippen LogP contribution in [-0.2, 0) is 4.74 Å². The van der Waals surface area contributed by atoms with Crippen LogP contribution in [0.2, 0.25) is 0 Å². The molecule has 0 spiro atoms. The molecule has 1 saturated carbocycles. The minimum Gasteiger partial charge on any atom is -0.494 e. The zero-order valence-electron chi connectivity index (χ0n) is 26.8. The molecule has 3 atom stereocenters. The number of carboxylic acid groups (broad SMARTS) is 1. The molecule has 2 aromatic carbocycles. The number of nitrogens with zero attached hydrogens (tertiary/aromatic N) is 5. The molecule has 2 N–H and O–H groups in total. The lowest BCUT2D eigenvalue weighted by molar-refractivity contribution is -0.0893. The summed E-state index contributed by atoms with van der Waals surface area (Å²) in [6.45, 7) is 2.52. The first kappa shape index (κ1) is 32.5. The van der Waals surface area contributed by atoms with E-state index in [0.717, 1.165) is 37.9 Å². The van der Waals surface area contributed by atoms with Crippen molar-refractivity contribution in [3.63, 3.8) is 0 Å². The Hall–Kier alpha value is -4.42. The molecule has 3 aromatic rings. The average molecular weight is 646 g/mol. The minimum atomic E-state index is -1.11. The predicted octanol–water partition coefficient (Wildman–Crippen LogP) is 4.16. The second-order valence-electron chi connectivity index (χ2n) is 12.7. The number of piperazine rings is 1. The van der Waals surface area contributed by atoms with Crippen molar-refractivity contribution in [3.05, 3.63) is 72.2 Å². The fourth-order valence-electron chi connectivity index (χ4n) is 7.04. The molecule has 3 fully saturated rings. The summed E-state index contributed by atoms with van der Waals surface area (Å²) in [5, 5.41) is 21.5. The van der Waals surface area contributed by atoms with Gasteiger partial charge in [0.1, 0.15) is 11.4 Å².